The lowest BCUT2D eigenvalue weighted by Crippen LogP contribution is -2.43. The highest BCUT2D eigenvalue weighted by atomic mass is 19.1. The molecule has 6 nitrogen and oxygen atoms in total. The Morgan fingerprint density at radius 3 is 2.30 bits per heavy atom. The van der Waals surface area contributed by atoms with E-state index < -0.39 is 36.2 Å². The number of hydrogen-bond acceptors (Lipinski definition) is 5. The minimum Gasteiger partial charge on any atom is -0.461 e. The molecule has 1 aromatic rings. The van der Waals surface area contributed by atoms with Gasteiger partial charge in [-0.3, -0.25) is 9.59 Å². The molecule has 0 fully saturated rings. The van der Waals surface area contributed by atoms with E-state index in [1.54, 1.807) is 45.0 Å². The molecule has 0 radical (unpaired) electrons. The standard InChI is InChI=1S/C16H20FNO5/c1-16(2,3)23-15(21)18-12(14(17)20)9-13(19)22-10-11-7-5-4-6-8-11/h4-8,12H,9-10H2,1-3H3,(H,18,21)/t12-/m0/s1. The second-order valence-electron chi connectivity index (χ2n) is 5.85. The van der Waals surface area contributed by atoms with Crippen LogP contribution in [0.25, 0.3) is 0 Å². The molecule has 0 spiro atoms. The van der Waals surface area contributed by atoms with Gasteiger partial charge in [-0.25, -0.2) is 4.79 Å². The van der Waals surface area contributed by atoms with Crippen LogP contribution in [0.3, 0.4) is 0 Å². The van der Waals surface area contributed by atoms with Gasteiger partial charge in [0, 0.05) is 0 Å². The first-order valence-corrected chi connectivity index (χ1v) is 7.06. The fraction of sp³-hybridized carbons (Fsp3) is 0.438. The molecule has 1 amide bonds. The SMILES string of the molecule is CC(C)(C)OC(=O)N[C@@H](CC(=O)OCc1ccccc1)C(=O)F. The molecule has 0 unspecified atom stereocenters. The summed E-state index contributed by atoms with van der Waals surface area (Å²) in [5.41, 5.74) is -0.0500. The monoisotopic (exact) mass is 325 g/mol. The molecule has 0 heterocycles. The molecule has 126 valence electrons. The fourth-order valence-corrected chi connectivity index (χ4v) is 1.60. The maximum absolute atomic E-state index is 13.0. The average Bonchev–Trinajstić information content (AvgIpc) is 2.43. The minimum atomic E-state index is -1.84. The summed E-state index contributed by atoms with van der Waals surface area (Å²) in [5, 5.41) is 2.02. The Balaban J connectivity index is 2.50. The summed E-state index contributed by atoms with van der Waals surface area (Å²) in [7, 11) is 0. The number of halogens is 1. The van der Waals surface area contributed by atoms with E-state index in [4.69, 9.17) is 9.47 Å². The Morgan fingerprint density at radius 1 is 1.17 bits per heavy atom. The number of amides is 1. The van der Waals surface area contributed by atoms with E-state index in [-0.39, 0.29) is 6.61 Å². The lowest BCUT2D eigenvalue weighted by Gasteiger charge is -2.21. The zero-order chi connectivity index (χ0) is 17.5. The quantitative estimate of drug-likeness (QED) is 0.642. The minimum absolute atomic E-state index is 0.000687. The Kier molecular flexibility index (Phi) is 6.68. The fourth-order valence-electron chi connectivity index (χ4n) is 1.60. The first-order chi connectivity index (χ1) is 10.7. The average molecular weight is 325 g/mol. The van der Waals surface area contributed by atoms with Gasteiger partial charge in [0.25, 0.3) is 0 Å². The second kappa shape index (κ2) is 8.26. The van der Waals surface area contributed by atoms with Gasteiger partial charge in [0.05, 0.1) is 6.42 Å². The predicted octanol–water partition coefficient (Wildman–Crippen LogP) is 2.51. The molecule has 0 aliphatic carbocycles. The smallest absolute Gasteiger partial charge is 0.408 e. The summed E-state index contributed by atoms with van der Waals surface area (Å²) < 4.78 is 22.8. The number of carbonyl (C=O) groups excluding carboxylic acids is 3. The van der Waals surface area contributed by atoms with Gasteiger partial charge in [-0.1, -0.05) is 30.3 Å². The molecular weight excluding hydrogens is 305 g/mol. The first-order valence-electron chi connectivity index (χ1n) is 7.06. The Hall–Kier alpha value is -2.44. The van der Waals surface area contributed by atoms with Crippen molar-refractivity contribution in [3.8, 4) is 0 Å². The van der Waals surface area contributed by atoms with Crippen LogP contribution in [-0.4, -0.2) is 29.7 Å². The third kappa shape index (κ3) is 7.94. The molecule has 1 N–H and O–H groups in total. The van der Waals surface area contributed by atoms with Crippen LogP contribution in [0.1, 0.15) is 32.8 Å². The van der Waals surface area contributed by atoms with E-state index >= 15 is 0 Å². The lowest BCUT2D eigenvalue weighted by atomic mass is 10.2. The predicted molar refractivity (Wildman–Crippen MR) is 80.1 cm³/mol. The molecule has 1 aromatic carbocycles. The molecule has 0 aromatic heterocycles. The lowest BCUT2D eigenvalue weighted by molar-refractivity contribution is -0.148. The van der Waals surface area contributed by atoms with E-state index in [1.807, 2.05) is 11.4 Å². The Morgan fingerprint density at radius 2 is 1.78 bits per heavy atom. The highest BCUT2D eigenvalue weighted by Gasteiger charge is 2.27. The van der Waals surface area contributed by atoms with E-state index in [0.717, 1.165) is 5.56 Å². The molecule has 0 bridgehead atoms. The molecule has 0 aliphatic rings. The summed E-state index contributed by atoms with van der Waals surface area (Å²) in [6, 6.07) is 5.41. The van der Waals surface area contributed by atoms with Crippen LogP contribution in [0.2, 0.25) is 0 Å². The zero-order valence-corrected chi connectivity index (χ0v) is 13.3. The third-order valence-corrected chi connectivity index (χ3v) is 2.58. The topological polar surface area (TPSA) is 81.7 Å². The van der Waals surface area contributed by atoms with Gasteiger partial charge in [-0.2, -0.15) is 4.39 Å². The molecule has 23 heavy (non-hydrogen) atoms. The Labute approximate surface area is 134 Å². The van der Waals surface area contributed by atoms with Crippen molar-refractivity contribution in [1.29, 1.82) is 0 Å². The summed E-state index contributed by atoms with van der Waals surface area (Å²) in [6.07, 6.45) is -1.59. The molecule has 0 aliphatic heterocycles. The number of carbonyl (C=O) groups is 3. The van der Waals surface area contributed by atoms with Crippen LogP contribution in [0, 0.1) is 0 Å². The number of alkyl carbamates (subject to hydrolysis) is 1. The number of esters is 1. The number of nitrogens with one attached hydrogen (secondary N) is 1. The largest absolute Gasteiger partial charge is 0.461 e. The number of benzene rings is 1. The van der Waals surface area contributed by atoms with Crippen LogP contribution >= 0.6 is 0 Å². The Bertz CT molecular complexity index is 553. The van der Waals surface area contributed by atoms with Gasteiger partial charge in [0.2, 0.25) is 0 Å². The molecule has 7 heteroatoms. The van der Waals surface area contributed by atoms with E-state index in [0.29, 0.717) is 0 Å². The van der Waals surface area contributed by atoms with Crippen LogP contribution in [0.15, 0.2) is 30.3 Å². The van der Waals surface area contributed by atoms with Crippen molar-refractivity contribution in [1.82, 2.24) is 5.32 Å². The summed E-state index contributed by atoms with van der Waals surface area (Å²) in [6.45, 7) is 4.85. The normalized spacial score (nSPS) is 12.2. The summed E-state index contributed by atoms with van der Waals surface area (Å²) in [5.74, 6) is -0.805. The van der Waals surface area contributed by atoms with Gasteiger partial charge in [-0.05, 0) is 26.3 Å². The summed E-state index contributed by atoms with van der Waals surface area (Å²) >= 11 is 0. The van der Waals surface area contributed by atoms with Gasteiger partial charge in [0.1, 0.15) is 18.2 Å². The zero-order valence-electron chi connectivity index (χ0n) is 13.3. The third-order valence-electron chi connectivity index (χ3n) is 2.58. The van der Waals surface area contributed by atoms with Crippen LogP contribution in [-0.2, 0) is 25.7 Å². The highest BCUT2D eigenvalue weighted by molar-refractivity contribution is 5.85. The van der Waals surface area contributed by atoms with Crippen LogP contribution in [0.4, 0.5) is 9.18 Å². The first kappa shape index (κ1) is 18.6. The van der Waals surface area contributed by atoms with Crippen molar-refractivity contribution in [2.45, 2.75) is 45.4 Å². The van der Waals surface area contributed by atoms with Gasteiger partial charge >= 0.3 is 18.1 Å². The molecule has 0 saturated heterocycles. The second-order valence-corrected chi connectivity index (χ2v) is 5.85. The van der Waals surface area contributed by atoms with E-state index in [2.05, 4.69) is 0 Å². The van der Waals surface area contributed by atoms with Crippen molar-refractivity contribution in [2.75, 3.05) is 0 Å². The molecule has 0 saturated carbocycles. The van der Waals surface area contributed by atoms with Crippen molar-refractivity contribution in [3.05, 3.63) is 35.9 Å². The molecule has 1 atom stereocenters. The van der Waals surface area contributed by atoms with Gasteiger partial charge in [-0.15, -0.1) is 0 Å². The van der Waals surface area contributed by atoms with Crippen molar-refractivity contribution < 1.29 is 28.2 Å². The maximum Gasteiger partial charge on any atom is 0.408 e. The van der Waals surface area contributed by atoms with Gasteiger partial charge in [0.15, 0.2) is 0 Å². The van der Waals surface area contributed by atoms with Crippen molar-refractivity contribution in [2.24, 2.45) is 0 Å². The number of rotatable bonds is 6. The number of ether oxygens (including phenoxy) is 2. The van der Waals surface area contributed by atoms with Crippen LogP contribution < -0.4 is 5.32 Å². The highest BCUT2D eigenvalue weighted by Crippen LogP contribution is 2.08. The van der Waals surface area contributed by atoms with E-state index in [9.17, 15) is 18.8 Å². The van der Waals surface area contributed by atoms with Crippen molar-refractivity contribution >= 4 is 18.1 Å². The summed E-state index contributed by atoms with van der Waals surface area (Å²) in [4.78, 5) is 34.1. The molecule has 1 rings (SSSR count). The van der Waals surface area contributed by atoms with E-state index in [1.165, 1.54) is 0 Å². The van der Waals surface area contributed by atoms with Gasteiger partial charge < -0.3 is 14.8 Å². The number of hydrogen-bond donors (Lipinski definition) is 1. The molecular formula is C16H20FNO5. The maximum atomic E-state index is 13.0. The van der Waals surface area contributed by atoms with Crippen LogP contribution in [0.5, 0.6) is 0 Å². The van der Waals surface area contributed by atoms with Crippen molar-refractivity contribution in [3.63, 3.8) is 0 Å².